The third kappa shape index (κ3) is 2.79. The number of rotatable bonds is 3. The van der Waals surface area contributed by atoms with Crippen LogP contribution >= 0.6 is 0 Å². The highest BCUT2D eigenvalue weighted by Gasteiger charge is 2.35. The van der Waals surface area contributed by atoms with Crippen LogP contribution in [0.15, 0.2) is 48.0 Å². The van der Waals surface area contributed by atoms with Gasteiger partial charge in [0.15, 0.2) is 11.5 Å². The van der Waals surface area contributed by atoms with E-state index >= 15 is 0 Å². The van der Waals surface area contributed by atoms with Crippen LogP contribution in [0.25, 0.3) is 6.08 Å². The number of hydrogen-bond donors (Lipinski definition) is 0. The summed E-state index contributed by atoms with van der Waals surface area (Å²) in [6.45, 7) is 0.148. The van der Waals surface area contributed by atoms with Crippen LogP contribution in [0.2, 0.25) is 0 Å². The Labute approximate surface area is 151 Å². The Morgan fingerprint density at radius 1 is 1.00 bits per heavy atom. The molecule has 0 radical (unpaired) electrons. The first-order chi connectivity index (χ1) is 12.5. The van der Waals surface area contributed by atoms with Crippen LogP contribution in [0.1, 0.15) is 12.0 Å². The van der Waals surface area contributed by atoms with Crippen LogP contribution in [-0.4, -0.2) is 32.7 Å². The average molecular weight is 350 g/mol. The lowest BCUT2D eigenvalue weighted by Crippen LogP contribution is -2.28. The minimum Gasteiger partial charge on any atom is -0.454 e. The van der Waals surface area contributed by atoms with Crippen LogP contribution < -0.4 is 19.3 Å². The number of benzene rings is 2. The van der Waals surface area contributed by atoms with Gasteiger partial charge in [-0.2, -0.15) is 0 Å². The molecule has 2 aliphatic rings. The lowest BCUT2D eigenvalue weighted by Gasteiger charge is -2.14. The van der Waals surface area contributed by atoms with Crippen molar-refractivity contribution in [2.45, 2.75) is 6.42 Å². The molecule has 0 atom stereocenters. The predicted octanol–water partition coefficient (Wildman–Crippen LogP) is 2.83. The van der Waals surface area contributed by atoms with Crippen molar-refractivity contribution in [2.75, 3.05) is 30.7 Å². The lowest BCUT2D eigenvalue weighted by atomic mass is 10.1. The van der Waals surface area contributed by atoms with E-state index in [-0.39, 0.29) is 25.0 Å². The van der Waals surface area contributed by atoms with Gasteiger partial charge in [0.25, 0.3) is 5.91 Å². The molecular formula is C20H18N2O4. The third-order valence-corrected chi connectivity index (χ3v) is 4.43. The van der Waals surface area contributed by atoms with Crippen molar-refractivity contribution in [2.24, 2.45) is 0 Å². The summed E-state index contributed by atoms with van der Waals surface area (Å²) in [5, 5.41) is 0. The molecule has 132 valence electrons. The SMILES string of the molecule is CN(C)c1ccc(/C=C2\CC(=O)N(c3ccc4c(c3)OCO4)C2=O)cc1. The summed E-state index contributed by atoms with van der Waals surface area (Å²) in [6.07, 6.45) is 1.86. The molecule has 0 N–H and O–H groups in total. The number of ether oxygens (including phenoxy) is 2. The fourth-order valence-electron chi connectivity index (χ4n) is 3.04. The summed E-state index contributed by atoms with van der Waals surface area (Å²) in [6, 6.07) is 12.9. The first-order valence-corrected chi connectivity index (χ1v) is 8.28. The molecule has 0 bridgehead atoms. The molecule has 2 amide bonds. The number of fused-ring (bicyclic) bond motifs is 1. The summed E-state index contributed by atoms with van der Waals surface area (Å²) in [5.41, 5.74) is 2.93. The van der Waals surface area contributed by atoms with E-state index in [2.05, 4.69) is 0 Å². The van der Waals surface area contributed by atoms with Gasteiger partial charge in [-0.1, -0.05) is 12.1 Å². The molecule has 0 spiro atoms. The molecule has 2 aromatic rings. The number of carbonyl (C=O) groups is 2. The molecule has 0 aromatic heterocycles. The second-order valence-corrected chi connectivity index (χ2v) is 6.40. The average Bonchev–Trinajstić information content (AvgIpc) is 3.19. The van der Waals surface area contributed by atoms with Gasteiger partial charge in [0.05, 0.1) is 12.1 Å². The highest BCUT2D eigenvalue weighted by atomic mass is 16.7. The van der Waals surface area contributed by atoms with Crippen molar-refractivity contribution in [3.05, 3.63) is 53.6 Å². The zero-order valence-corrected chi connectivity index (χ0v) is 14.6. The molecule has 2 aliphatic heterocycles. The normalized spacial score (nSPS) is 17.3. The summed E-state index contributed by atoms with van der Waals surface area (Å²) in [5.74, 6) is 0.611. The lowest BCUT2D eigenvalue weighted by molar-refractivity contribution is -0.120. The summed E-state index contributed by atoms with van der Waals surface area (Å²) >= 11 is 0. The maximum atomic E-state index is 12.8. The van der Waals surface area contributed by atoms with Gasteiger partial charge in [0.1, 0.15) is 0 Å². The smallest absolute Gasteiger partial charge is 0.261 e. The van der Waals surface area contributed by atoms with E-state index in [4.69, 9.17) is 9.47 Å². The highest BCUT2D eigenvalue weighted by molar-refractivity contribution is 6.29. The van der Waals surface area contributed by atoms with Crippen molar-refractivity contribution in [3.8, 4) is 11.5 Å². The number of hydrogen-bond acceptors (Lipinski definition) is 5. The minimum absolute atomic E-state index is 0.0860. The molecule has 0 aliphatic carbocycles. The van der Waals surface area contributed by atoms with Gasteiger partial charge in [-0.15, -0.1) is 0 Å². The summed E-state index contributed by atoms with van der Waals surface area (Å²) in [7, 11) is 3.94. The fraction of sp³-hybridized carbons (Fsp3) is 0.200. The number of nitrogens with zero attached hydrogens (tertiary/aromatic N) is 2. The van der Waals surface area contributed by atoms with E-state index < -0.39 is 0 Å². The van der Waals surface area contributed by atoms with Crippen molar-refractivity contribution in [1.82, 2.24) is 0 Å². The van der Waals surface area contributed by atoms with Gasteiger partial charge in [-0.25, -0.2) is 4.90 Å². The molecule has 1 saturated heterocycles. The summed E-state index contributed by atoms with van der Waals surface area (Å²) < 4.78 is 10.6. The fourth-order valence-corrected chi connectivity index (χ4v) is 3.04. The molecule has 2 heterocycles. The Morgan fingerprint density at radius 2 is 1.73 bits per heavy atom. The van der Waals surface area contributed by atoms with Gasteiger partial charge in [-0.3, -0.25) is 9.59 Å². The van der Waals surface area contributed by atoms with Gasteiger partial charge in [0.2, 0.25) is 12.7 Å². The van der Waals surface area contributed by atoms with Crippen molar-refractivity contribution < 1.29 is 19.1 Å². The van der Waals surface area contributed by atoms with E-state index in [1.807, 2.05) is 43.3 Å². The quantitative estimate of drug-likeness (QED) is 0.629. The Hall–Kier alpha value is -3.28. The van der Waals surface area contributed by atoms with E-state index in [0.717, 1.165) is 11.3 Å². The molecule has 4 rings (SSSR count). The minimum atomic E-state index is -0.300. The Bertz CT molecular complexity index is 916. The number of amides is 2. The second-order valence-electron chi connectivity index (χ2n) is 6.40. The van der Waals surface area contributed by atoms with Crippen molar-refractivity contribution in [3.63, 3.8) is 0 Å². The zero-order valence-electron chi connectivity index (χ0n) is 14.6. The zero-order chi connectivity index (χ0) is 18.3. The van der Waals surface area contributed by atoms with E-state index in [1.165, 1.54) is 4.90 Å². The van der Waals surface area contributed by atoms with E-state index in [9.17, 15) is 9.59 Å². The molecule has 2 aromatic carbocycles. The van der Waals surface area contributed by atoms with Crippen molar-refractivity contribution >= 4 is 29.3 Å². The first kappa shape index (κ1) is 16.2. The standard InChI is InChI=1S/C20H18N2O4/c1-21(2)15-5-3-13(4-6-15)9-14-10-19(23)22(20(14)24)16-7-8-17-18(11-16)26-12-25-17/h3-9,11H,10,12H2,1-2H3/b14-9+. The van der Waals surface area contributed by atoms with E-state index in [0.29, 0.717) is 22.8 Å². The Morgan fingerprint density at radius 3 is 2.46 bits per heavy atom. The van der Waals surface area contributed by atoms with Crippen molar-refractivity contribution in [1.29, 1.82) is 0 Å². The predicted molar refractivity (Wildman–Crippen MR) is 98.4 cm³/mol. The summed E-state index contributed by atoms with van der Waals surface area (Å²) in [4.78, 5) is 28.4. The third-order valence-electron chi connectivity index (χ3n) is 4.43. The maximum absolute atomic E-state index is 12.8. The highest BCUT2D eigenvalue weighted by Crippen LogP contribution is 2.37. The topological polar surface area (TPSA) is 59.1 Å². The molecule has 0 unspecified atom stereocenters. The Balaban J connectivity index is 1.61. The monoisotopic (exact) mass is 350 g/mol. The van der Waals surface area contributed by atoms with Gasteiger partial charge in [0, 0.05) is 31.4 Å². The molecule has 1 fully saturated rings. The van der Waals surface area contributed by atoms with Gasteiger partial charge >= 0.3 is 0 Å². The molecule has 6 heteroatoms. The van der Waals surface area contributed by atoms with Crippen LogP contribution in [0.5, 0.6) is 11.5 Å². The first-order valence-electron chi connectivity index (χ1n) is 8.28. The van der Waals surface area contributed by atoms with Crippen LogP contribution in [-0.2, 0) is 9.59 Å². The number of imide groups is 1. The van der Waals surface area contributed by atoms with Crippen LogP contribution in [0.3, 0.4) is 0 Å². The largest absolute Gasteiger partial charge is 0.454 e. The van der Waals surface area contributed by atoms with Gasteiger partial charge in [-0.05, 0) is 35.9 Å². The molecule has 0 saturated carbocycles. The number of carbonyl (C=O) groups excluding carboxylic acids is 2. The molecule has 6 nitrogen and oxygen atoms in total. The molecule has 26 heavy (non-hydrogen) atoms. The Kier molecular flexibility index (Phi) is 3.88. The van der Waals surface area contributed by atoms with Gasteiger partial charge < -0.3 is 14.4 Å². The van der Waals surface area contributed by atoms with E-state index in [1.54, 1.807) is 24.3 Å². The van der Waals surface area contributed by atoms with Crippen LogP contribution in [0.4, 0.5) is 11.4 Å². The molecular weight excluding hydrogens is 332 g/mol. The van der Waals surface area contributed by atoms with Crippen LogP contribution in [0, 0.1) is 0 Å². The second kappa shape index (κ2) is 6.22. The number of anilines is 2. The maximum Gasteiger partial charge on any atom is 0.261 e.